The maximum atomic E-state index is 11.1. The molecule has 0 spiro atoms. The van der Waals surface area contributed by atoms with Gasteiger partial charge in [-0.2, -0.15) is 0 Å². The molecule has 0 aliphatic heterocycles. The summed E-state index contributed by atoms with van der Waals surface area (Å²) in [5.74, 6) is -3.38. The van der Waals surface area contributed by atoms with Crippen LogP contribution < -0.4 is 0 Å². The van der Waals surface area contributed by atoms with Crippen LogP contribution in [0.3, 0.4) is 0 Å². The van der Waals surface area contributed by atoms with Crippen molar-refractivity contribution in [1.29, 1.82) is 0 Å². The molecule has 0 saturated carbocycles. The van der Waals surface area contributed by atoms with Crippen molar-refractivity contribution >= 4 is 11.9 Å². The Morgan fingerprint density at radius 2 is 1.69 bits per heavy atom. The molecule has 0 aliphatic carbocycles. The topological polar surface area (TPSA) is 74.6 Å². The lowest BCUT2D eigenvalue weighted by molar-refractivity contribution is -0.143. The summed E-state index contributed by atoms with van der Waals surface area (Å²) >= 11 is 0. The third-order valence-electron chi connectivity index (χ3n) is 2.51. The quantitative estimate of drug-likeness (QED) is 0.798. The van der Waals surface area contributed by atoms with Crippen molar-refractivity contribution in [3.63, 3.8) is 0 Å². The first-order valence-corrected chi connectivity index (χ1v) is 5.03. The molecule has 2 atom stereocenters. The molecule has 0 heterocycles. The van der Waals surface area contributed by atoms with Gasteiger partial charge in [0.05, 0.1) is 11.8 Å². The lowest BCUT2D eigenvalue weighted by Crippen LogP contribution is -2.19. The Hall–Kier alpha value is -1.84. The number of hydrogen-bond donors (Lipinski definition) is 2. The third-order valence-corrected chi connectivity index (χ3v) is 2.51. The molecule has 0 aliphatic rings. The van der Waals surface area contributed by atoms with Crippen molar-refractivity contribution in [2.75, 3.05) is 0 Å². The highest BCUT2D eigenvalue weighted by molar-refractivity contribution is 5.77. The van der Waals surface area contributed by atoms with Crippen LogP contribution in [0.4, 0.5) is 0 Å². The average Bonchev–Trinajstić information content (AvgIpc) is 2.26. The number of rotatable bonds is 5. The van der Waals surface area contributed by atoms with Crippen molar-refractivity contribution in [2.45, 2.75) is 19.3 Å². The van der Waals surface area contributed by atoms with Gasteiger partial charge >= 0.3 is 11.9 Å². The van der Waals surface area contributed by atoms with Gasteiger partial charge in [-0.15, -0.1) is 0 Å². The minimum absolute atomic E-state index is 0.106. The zero-order valence-electron chi connectivity index (χ0n) is 8.96. The van der Waals surface area contributed by atoms with E-state index in [1.165, 1.54) is 6.92 Å². The van der Waals surface area contributed by atoms with Crippen LogP contribution in [-0.4, -0.2) is 22.2 Å². The van der Waals surface area contributed by atoms with Crippen LogP contribution in [0.2, 0.25) is 0 Å². The van der Waals surface area contributed by atoms with E-state index in [0.29, 0.717) is 5.56 Å². The van der Waals surface area contributed by atoms with E-state index in [-0.39, 0.29) is 6.42 Å². The molecule has 1 aromatic carbocycles. The Labute approximate surface area is 93.5 Å². The molecule has 1 rings (SSSR count). The molecule has 0 saturated heterocycles. The van der Waals surface area contributed by atoms with E-state index in [9.17, 15) is 9.59 Å². The highest BCUT2D eigenvalue weighted by Crippen LogP contribution is 2.24. The molecular weight excluding hydrogens is 208 g/mol. The van der Waals surface area contributed by atoms with E-state index in [2.05, 4.69) is 0 Å². The van der Waals surface area contributed by atoms with Gasteiger partial charge < -0.3 is 10.2 Å². The summed E-state index contributed by atoms with van der Waals surface area (Å²) in [6, 6.07) is 8.69. The molecule has 0 radical (unpaired) electrons. The van der Waals surface area contributed by atoms with Gasteiger partial charge in [-0.05, 0) is 12.0 Å². The van der Waals surface area contributed by atoms with E-state index in [0.717, 1.165) is 0 Å². The second-order valence-electron chi connectivity index (χ2n) is 3.78. The third kappa shape index (κ3) is 3.08. The number of carboxylic acid groups (broad SMARTS) is 2. The second-order valence-corrected chi connectivity index (χ2v) is 3.78. The molecular formula is C12H14O4. The van der Waals surface area contributed by atoms with Crippen LogP contribution >= 0.6 is 0 Å². The average molecular weight is 222 g/mol. The number of benzene rings is 1. The molecule has 0 bridgehead atoms. The van der Waals surface area contributed by atoms with Gasteiger partial charge in [0.15, 0.2) is 0 Å². The zero-order valence-corrected chi connectivity index (χ0v) is 8.96. The molecule has 4 heteroatoms. The van der Waals surface area contributed by atoms with Crippen LogP contribution in [0.1, 0.15) is 24.8 Å². The summed E-state index contributed by atoms with van der Waals surface area (Å²) in [5, 5.41) is 17.8. The number of hydrogen-bond acceptors (Lipinski definition) is 2. The Morgan fingerprint density at radius 3 is 2.12 bits per heavy atom. The summed E-state index contributed by atoms with van der Waals surface area (Å²) < 4.78 is 0. The van der Waals surface area contributed by atoms with Gasteiger partial charge in [-0.1, -0.05) is 37.3 Å². The van der Waals surface area contributed by atoms with Crippen LogP contribution in [0.15, 0.2) is 30.3 Å². The Balaban J connectivity index is 2.85. The van der Waals surface area contributed by atoms with E-state index < -0.39 is 23.8 Å². The van der Waals surface area contributed by atoms with Crippen LogP contribution in [0.5, 0.6) is 0 Å². The second kappa shape index (κ2) is 5.30. The summed E-state index contributed by atoms with van der Waals surface area (Å²) in [4.78, 5) is 21.8. The predicted molar refractivity (Wildman–Crippen MR) is 58.2 cm³/mol. The maximum absolute atomic E-state index is 11.1. The SMILES string of the molecule is CC(CC(C(=O)O)c1ccccc1)C(=O)O. The molecule has 0 fully saturated rings. The van der Waals surface area contributed by atoms with Crippen LogP contribution in [0, 0.1) is 5.92 Å². The lowest BCUT2D eigenvalue weighted by atomic mass is 9.90. The highest BCUT2D eigenvalue weighted by atomic mass is 16.4. The smallest absolute Gasteiger partial charge is 0.310 e. The molecule has 1 aromatic rings. The normalized spacial score (nSPS) is 14.1. The first-order valence-electron chi connectivity index (χ1n) is 5.03. The van der Waals surface area contributed by atoms with Gasteiger partial charge in [0, 0.05) is 0 Å². The maximum Gasteiger partial charge on any atom is 0.310 e. The Kier molecular flexibility index (Phi) is 4.05. The number of aliphatic carboxylic acids is 2. The Bertz CT molecular complexity index is 372. The summed E-state index contributed by atoms with van der Waals surface area (Å²) in [5.41, 5.74) is 0.642. The van der Waals surface area contributed by atoms with Gasteiger partial charge in [-0.3, -0.25) is 9.59 Å². The number of carbonyl (C=O) groups is 2. The van der Waals surface area contributed by atoms with Crippen molar-refractivity contribution in [3.05, 3.63) is 35.9 Å². The minimum atomic E-state index is -0.987. The first kappa shape index (κ1) is 12.2. The molecule has 2 N–H and O–H groups in total. The van der Waals surface area contributed by atoms with E-state index in [1.54, 1.807) is 30.3 Å². The number of carboxylic acids is 2. The standard InChI is InChI=1S/C12H14O4/c1-8(11(13)14)7-10(12(15)16)9-5-3-2-4-6-9/h2-6,8,10H,7H2,1H3,(H,13,14)(H,15,16). The summed E-state index contributed by atoms with van der Waals surface area (Å²) in [6.45, 7) is 1.52. The van der Waals surface area contributed by atoms with Crippen LogP contribution in [0.25, 0.3) is 0 Å². The van der Waals surface area contributed by atoms with Gasteiger partial charge in [-0.25, -0.2) is 0 Å². The first-order chi connectivity index (χ1) is 7.52. The van der Waals surface area contributed by atoms with Crippen molar-refractivity contribution in [2.24, 2.45) is 5.92 Å². The van der Waals surface area contributed by atoms with Crippen molar-refractivity contribution < 1.29 is 19.8 Å². The monoisotopic (exact) mass is 222 g/mol. The Morgan fingerprint density at radius 1 is 1.12 bits per heavy atom. The largest absolute Gasteiger partial charge is 0.481 e. The van der Waals surface area contributed by atoms with Crippen LogP contribution in [-0.2, 0) is 9.59 Å². The van der Waals surface area contributed by atoms with Gasteiger partial charge in [0.1, 0.15) is 0 Å². The van der Waals surface area contributed by atoms with Crippen molar-refractivity contribution in [1.82, 2.24) is 0 Å². The molecule has 16 heavy (non-hydrogen) atoms. The fraction of sp³-hybridized carbons (Fsp3) is 0.333. The fourth-order valence-electron chi connectivity index (χ4n) is 1.52. The molecule has 2 unspecified atom stereocenters. The van der Waals surface area contributed by atoms with E-state index in [1.807, 2.05) is 0 Å². The zero-order chi connectivity index (χ0) is 12.1. The van der Waals surface area contributed by atoms with Crippen molar-refractivity contribution in [3.8, 4) is 0 Å². The molecule has 4 nitrogen and oxygen atoms in total. The highest BCUT2D eigenvalue weighted by Gasteiger charge is 2.25. The molecule has 0 amide bonds. The predicted octanol–water partition coefficient (Wildman–Crippen LogP) is 1.97. The fourth-order valence-corrected chi connectivity index (χ4v) is 1.52. The summed E-state index contributed by atoms with van der Waals surface area (Å²) in [7, 11) is 0. The molecule has 86 valence electrons. The summed E-state index contributed by atoms with van der Waals surface area (Å²) in [6.07, 6.45) is 0.106. The van der Waals surface area contributed by atoms with Gasteiger partial charge in [0.2, 0.25) is 0 Å². The minimum Gasteiger partial charge on any atom is -0.481 e. The van der Waals surface area contributed by atoms with E-state index in [4.69, 9.17) is 10.2 Å². The lowest BCUT2D eigenvalue weighted by Gasteiger charge is -2.14. The molecule has 0 aromatic heterocycles. The van der Waals surface area contributed by atoms with E-state index >= 15 is 0 Å². The van der Waals surface area contributed by atoms with Gasteiger partial charge in [0.25, 0.3) is 0 Å².